The van der Waals surface area contributed by atoms with Crippen LogP contribution in [0.5, 0.6) is 0 Å². The van der Waals surface area contributed by atoms with Gasteiger partial charge < -0.3 is 15.0 Å². The minimum Gasteiger partial charge on any atom is -0.380 e. The van der Waals surface area contributed by atoms with Gasteiger partial charge in [-0.1, -0.05) is 0 Å². The summed E-state index contributed by atoms with van der Waals surface area (Å²) in [4.78, 5) is 14.1. The summed E-state index contributed by atoms with van der Waals surface area (Å²) in [6.07, 6.45) is 3.41. The van der Waals surface area contributed by atoms with Crippen molar-refractivity contribution in [2.75, 3.05) is 33.3 Å². The van der Waals surface area contributed by atoms with E-state index in [4.69, 9.17) is 4.74 Å². The highest BCUT2D eigenvalue weighted by Crippen LogP contribution is 2.18. The van der Waals surface area contributed by atoms with E-state index in [1.54, 1.807) is 7.11 Å². The number of piperidine rings is 1. The SMILES string of the molecule is CO[C@H]1CCN(C(=O)[C@@H]2CCCNC2)C1. The van der Waals surface area contributed by atoms with Gasteiger partial charge in [-0.15, -0.1) is 0 Å². The summed E-state index contributed by atoms with van der Waals surface area (Å²) >= 11 is 0. The van der Waals surface area contributed by atoms with Crippen molar-refractivity contribution < 1.29 is 9.53 Å². The Labute approximate surface area is 91.0 Å². The van der Waals surface area contributed by atoms with Crippen molar-refractivity contribution in [3.8, 4) is 0 Å². The molecule has 2 rings (SSSR count). The van der Waals surface area contributed by atoms with Crippen LogP contribution in [0.4, 0.5) is 0 Å². The molecular weight excluding hydrogens is 192 g/mol. The lowest BCUT2D eigenvalue weighted by atomic mass is 9.98. The Hall–Kier alpha value is -0.610. The van der Waals surface area contributed by atoms with Crippen LogP contribution in [-0.2, 0) is 9.53 Å². The molecule has 0 saturated carbocycles. The number of carbonyl (C=O) groups is 1. The van der Waals surface area contributed by atoms with Crippen LogP contribution in [-0.4, -0.2) is 50.2 Å². The molecule has 0 aromatic carbocycles. The lowest BCUT2D eigenvalue weighted by Gasteiger charge is -2.26. The molecule has 0 spiro atoms. The number of nitrogens with zero attached hydrogens (tertiary/aromatic N) is 1. The Morgan fingerprint density at radius 2 is 2.33 bits per heavy atom. The fourth-order valence-electron chi connectivity index (χ4n) is 2.44. The maximum absolute atomic E-state index is 12.1. The van der Waals surface area contributed by atoms with E-state index < -0.39 is 0 Å². The van der Waals surface area contributed by atoms with Gasteiger partial charge >= 0.3 is 0 Å². The van der Waals surface area contributed by atoms with E-state index in [-0.39, 0.29) is 12.0 Å². The van der Waals surface area contributed by atoms with Crippen molar-refractivity contribution >= 4 is 5.91 Å². The molecule has 1 N–H and O–H groups in total. The zero-order valence-electron chi connectivity index (χ0n) is 9.37. The number of amides is 1. The molecule has 0 aromatic rings. The van der Waals surface area contributed by atoms with Crippen LogP contribution in [0.1, 0.15) is 19.3 Å². The highest BCUT2D eigenvalue weighted by Gasteiger charge is 2.31. The van der Waals surface area contributed by atoms with Crippen molar-refractivity contribution in [3.05, 3.63) is 0 Å². The van der Waals surface area contributed by atoms with Gasteiger partial charge in [0.2, 0.25) is 5.91 Å². The molecular formula is C11H20N2O2. The standard InChI is InChI=1S/C11H20N2O2/c1-15-10-4-6-13(8-10)11(14)9-3-2-5-12-7-9/h9-10,12H,2-8H2,1H3/t9-,10+/m1/s1. The van der Waals surface area contributed by atoms with Gasteiger partial charge in [0.1, 0.15) is 0 Å². The van der Waals surface area contributed by atoms with Gasteiger partial charge in [-0.05, 0) is 25.8 Å². The third kappa shape index (κ3) is 2.49. The van der Waals surface area contributed by atoms with Crippen LogP contribution in [0.3, 0.4) is 0 Å². The average molecular weight is 212 g/mol. The fraction of sp³-hybridized carbons (Fsp3) is 0.909. The van der Waals surface area contributed by atoms with E-state index in [2.05, 4.69) is 5.32 Å². The summed E-state index contributed by atoms with van der Waals surface area (Å²) in [5.41, 5.74) is 0. The average Bonchev–Trinajstić information content (AvgIpc) is 2.78. The smallest absolute Gasteiger partial charge is 0.227 e. The molecule has 2 atom stereocenters. The molecule has 4 nitrogen and oxygen atoms in total. The molecule has 2 saturated heterocycles. The summed E-state index contributed by atoms with van der Waals surface area (Å²) in [6.45, 7) is 3.57. The molecule has 0 unspecified atom stereocenters. The number of methoxy groups -OCH3 is 1. The first-order chi connectivity index (χ1) is 7.31. The van der Waals surface area contributed by atoms with E-state index in [0.29, 0.717) is 5.91 Å². The maximum Gasteiger partial charge on any atom is 0.227 e. The Morgan fingerprint density at radius 1 is 1.47 bits per heavy atom. The van der Waals surface area contributed by atoms with Crippen LogP contribution < -0.4 is 5.32 Å². The first-order valence-electron chi connectivity index (χ1n) is 5.83. The molecule has 4 heteroatoms. The van der Waals surface area contributed by atoms with Crippen LogP contribution in [0.15, 0.2) is 0 Å². The van der Waals surface area contributed by atoms with E-state index in [0.717, 1.165) is 45.4 Å². The molecule has 0 radical (unpaired) electrons. The fourth-order valence-corrected chi connectivity index (χ4v) is 2.44. The van der Waals surface area contributed by atoms with Crippen molar-refractivity contribution in [2.45, 2.75) is 25.4 Å². The van der Waals surface area contributed by atoms with Crippen molar-refractivity contribution in [2.24, 2.45) is 5.92 Å². The van der Waals surface area contributed by atoms with Crippen molar-refractivity contribution in [1.82, 2.24) is 10.2 Å². The number of ether oxygens (including phenoxy) is 1. The van der Waals surface area contributed by atoms with Gasteiger partial charge in [-0.25, -0.2) is 0 Å². The molecule has 2 fully saturated rings. The predicted molar refractivity (Wildman–Crippen MR) is 57.6 cm³/mol. The molecule has 86 valence electrons. The molecule has 1 amide bonds. The van der Waals surface area contributed by atoms with Gasteiger partial charge in [0.25, 0.3) is 0 Å². The number of rotatable bonds is 2. The number of hydrogen-bond donors (Lipinski definition) is 1. The van der Waals surface area contributed by atoms with Gasteiger partial charge in [0.15, 0.2) is 0 Å². The molecule has 2 aliphatic heterocycles. The van der Waals surface area contributed by atoms with Crippen LogP contribution in [0.25, 0.3) is 0 Å². The number of likely N-dealkylation sites (tertiary alicyclic amines) is 1. The highest BCUT2D eigenvalue weighted by atomic mass is 16.5. The summed E-state index contributed by atoms with van der Waals surface area (Å²) in [5, 5.41) is 3.29. The van der Waals surface area contributed by atoms with Gasteiger partial charge in [0.05, 0.1) is 12.0 Å². The number of nitrogens with one attached hydrogen (secondary N) is 1. The monoisotopic (exact) mass is 212 g/mol. The highest BCUT2D eigenvalue weighted by molar-refractivity contribution is 5.79. The van der Waals surface area contributed by atoms with E-state index in [9.17, 15) is 4.79 Å². The van der Waals surface area contributed by atoms with Crippen LogP contribution in [0.2, 0.25) is 0 Å². The Bertz CT molecular complexity index is 227. The Kier molecular flexibility index (Phi) is 3.59. The predicted octanol–water partition coefficient (Wildman–Crippen LogP) is 0.233. The van der Waals surface area contributed by atoms with Gasteiger partial charge in [-0.2, -0.15) is 0 Å². The van der Waals surface area contributed by atoms with Crippen molar-refractivity contribution in [1.29, 1.82) is 0 Å². The van der Waals surface area contributed by atoms with E-state index in [1.165, 1.54) is 0 Å². The second kappa shape index (κ2) is 4.94. The molecule has 0 aliphatic carbocycles. The molecule has 15 heavy (non-hydrogen) atoms. The lowest BCUT2D eigenvalue weighted by Crippen LogP contribution is -2.42. The first kappa shape index (κ1) is 10.9. The summed E-state index contributed by atoms with van der Waals surface area (Å²) < 4.78 is 5.27. The molecule has 2 aliphatic rings. The Morgan fingerprint density at radius 3 is 2.93 bits per heavy atom. The molecule has 0 bridgehead atoms. The minimum atomic E-state index is 0.203. The molecule has 0 aromatic heterocycles. The third-order valence-electron chi connectivity index (χ3n) is 3.44. The lowest BCUT2D eigenvalue weighted by molar-refractivity contribution is -0.135. The second-order valence-electron chi connectivity index (χ2n) is 4.47. The second-order valence-corrected chi connectivity index (χ2v) is 4.47. The van der Waals surface area contributed by atoms with Gasteiger partial charge in [-0.3, -0.25) is 4.79 Å². The third-order valence-corrected chi connectivity index (χ3v) is 3.44. The largest absolute Gasteiger partial charge is 0.380 e. The van der Waals surface area contributed by atoms with Crippen LogP contribution >= 0.6 is 0 Å². The zero-order valence-corrected chi connectivity index (χ0v) is 9.37. The quantitative estimate of drug-likeness (QED) is 0.712. The summed E-state index contributed by atoms with van der Waals surface area (Å²) in [6, 6.07) is 0. The molecule has 2 heterocycles. The van der Waals surface area contributed by atoms with Crippen molar-refractivity contribution in [3.63, 3.8) is 0 Å². The maximum atomic E-state index is 12.1. The minimum absolute atomic E-state index is 0.203. The number of carbonyl (C=O) groups excluding carboxylic acids is 1. The van der Waals surface area contributed by atoms with Crippen LogP contribution in [0, 0.1) is 5.92 Å². The topological polar surface area (TPSA) is 41.6 Å². The number of hydrogen-bond acceptors (Lipinski definition) is 3. The first-order valence-corrected chi connectivity index (χ1v) is 5.83. The van der Waals surface area contributed by atoms with E-state index in [1.807, 2.05) is 4.90 Å². The van der Waals surface area contributed by atoms with E-state index >= 15 is 0 Å². The normalized spacial score (nSPS) is 31.9. The zero-order chi connectivity index (χ0) is 10.7. The Balaban J connectivity index is 1.85. The van der Waals surface area contributed by atoms with Gasteiger partial charge in [0, 0.05) is 26.7 Å². The summed E-state index contributed by atoms with van der Waals surface area (Å²) in [5.74, 6) is 0.524. The summed E-state index contributed by atoms with van der Waals surface area (Å²) in [7, 11) is 1.72.